The van der Waals surface area contributed by atoms with Gasteiger partial charge >= 0.3 is 0 Å². The monoisotopic (exact) mass is 414 g/mol. The highest BCUT2D eigenvalue weighted by molar-refractivity contribution is 6.40. The third kappa shape index (κ3) is 6.99. The van der Waals surface area contributed by atoms with E-state index in [1.807, 2.05) is 0 Å². The molecule has 2 N–H and O–H groups in total. The van der Waals surface area contributed by atoms with Gasteiger partial charge in [0.15, 0.2) is 11.7 Å². The van der Waals surface area contributed by atoms with E-state index < -0.39 is 0 Å². The van der Waals surface area contributed by atoms with Crippen LogP contribution in [0.15, 0.2) is 9.98 Å². The molecule has 0 amide bonds. The SMILES string of the molecule is C1CCC(N=C(NC2CCCCC2)C(=NC2CCCCC2)NC2CCCCC2)CC1. The van der Waals surface area contributed by atoms with Gasteiger partial charge in [-0.2, -0.15) is 0 Å². The van der Waals surface area contributed by atoms with Gasteiger partial charge in [-0.15, -0.1) is 0 Å². The van der Waals surface area contributed by atoms with Crippen molar-refractivity contribution < 1.29 is 0 Å². The highest BCUT2D eigenvalue weighted by Crippen LogP contribution is 2.24. The molecular weight excluding hydrogens is 368 g/mol. The fourth-order valence-electron chi connectivity index (χ4n) is 6.00. The molecule has 0 unspecified atom stereocenters. The predicted molar refractivity (Wildman–Crippen MR) is 129 cm³/mol. The third-order valence-electron chi connectivity index (χ3n) is 7.89. The lowest BCUT2D eigenvalue weighted by molar-refractivity contribution is 0.402. The second-order valence-corrected chi connectivity index (χ2v) is 10.5. The largest absolute Gasteiger partial charge is 0.365 e. The zero-order chi connectivity index (χ0) is 20.4. The van der Waals surface area contributed by atoms with Crippen molar-refractivity contribution in [2.24, 2.45) is 9.98 Å². The van der Waals surface area contributed by atoms with Crippen molar-refractivity contribution in [1.82, 2.24) is 10.6 Å². The van der Waals surface area contributed by atoms with Crippen molar-refractivity contribution in [2.45, 2.75) is 153 Å². The summed E-state index contributed by atoms with van der Waals surface area (Å²) >= 11 is 0. The Morgan fingerprint density at radius 2 is 0.700 bits per heavy atom. The highest BCUT2D eigenvalue weighted by atomic mass is 15.1. The van der Waals surface area contributed by atoms with Gasteiger partial charge < -0.3 is 10.6 Å². The van der Waals surface area contributed by atoms with E-state index in [9.17, 15) is 0 Å². The number of hydrogen-bond donors (Lipinski definition) is 2. The Labute approximate surface area is 185 Å². The Morgan fingerprint density at radius 3 is 1.03 bits per heavy atom. The summed E-state index contributed by atoms with van der Waals surface area (Å²) in [6.07, 6.45) is 26.6. The highest BCUT2D eigenvalue weighted by Gasteiger charge is 2.24. The Kier molecular flexibility index (Phi) is 8.93. The predicted octanol–water partition coefficient (Wildman–Crippen LogP) is 6.29. The lowest BCUT2D eigenvalue weighted by Crippen LogP contribution is -2.50. The maximum absolute atomic E-state index is 5.37. The van der Waals surface area contributed by atoms with Gasteiger partial charge in [-0.3, -0.25) is 9.98 Å². The summed E-state index contributed by atoms with van der Waals surface area (Å²) in [5.41, 5.74) is 0. The number of rotatable bonds is 4. The molecule has 4 aliphatic rings. The minimum atomic E-state index is 0.495. The van der Waals surface area contributed by atoms with E-state index in [-0.39, 0.29) is 0 Å². The summed E-state index contributed by atoms with van der Waals surface area (Å²) in [6, 6.07) is 2.17. The summed E-state index contributed by atoms with van der Waals surface area (Å²) in [5, 5.41) is 7.88. The van der Waals surface area contributed by atoms with Crippen molar-refractivity contribution in [3.63, 3.8) is 0 Å². The second-order valence-electron chi connectivity index (χ2n) is 10.5. The molecule has 4 aliphatic carbocycles. The zero-order valence-corrected chi connectivity index (χ0v) is 19.3. The smallest absolute Gasteiger partial charge is 0.164 e. The Hall–Kier alpha value is -1.06. The van der Waals surface area contributed by atoms with Crippen molar-refractivity contribution >= 4 is 11.7 Å². The van der Waals surface area contributed by atoms with E-state index in [4.69, 9.17) is 9.98 Å². The van der Waals surface area contributed by atoms with Crippen LogP contribution in [0, 0.1) is 0 Å². The first-order chi connectivity index (χ1) is 14.9. The van der Waals surface area contributed by atoms with E-state index in [0.29, 0.717) is 24.2 Å². The molecule has 4 saturated carbocycles. The average molecular weight is 415 g/mol. The molecule has 30 heavy (non-hydrogen) atoms. The van der Waals surface area contributed by atoms with Crippen LogP contribution < -0.4 is 10.6 Å². The lowest BCUT2D eigenvalue weighted by atomic mass is 9.94. The van der Waals surface area contributed by atoms with Crippen LogP contribution >= 0.6 is 0 Å². The van der Waals surface area contributed by atoms with Crippen molar-refractivity contribution in [1.29, 1.82) is 0 Å². The minimum absolute atomic E-state index is 0.495. The summed E-state index contributed by atoms with van der Waals surface area (Å²) in [6.45, 7) is 0. The number of amidine groups is 2. The first-order valence-electron chi connectivity index (χ1n) is 13.6. The van der Waals surface area contributed by atoms with Gasteiger partial charge in [-0.25, -0.2) is 0 Å². The Bertz CT molecular complexity index is 495. The molecule has 4 fully saturated rings. The maximum Gasteiger partial charge on any atom is 0.164 e. The molecule has 0 heterocycles. The number of nitrogens with zero attached hydrogens (tertiary/aromatic N) is 2. The molecule has 0 aromatic carbocycles. The number of nitrogens with one attached hydrogen (secondary N) is 2. The summed E-state index contributed by atoms with van der Waals surface area (Å²) in [5.74, 6) is 2.26. The van der Waals surface area contributed by atoms with Crippen molar-refractivity contribution in [3.8, 4) is 0 Å². The first kappa shape index (κ1) is 22.1. The van der Waals surface area contributed by atoms with Gasteiger partial charge in [-0.05, 0) is 51.4 Å². The molecule has 0 saturated heterocycles. The minimum Gasteiger partial charge on any atom is -0.365 e. The number of hydrogen-bond acceptors (Lipinski definition) is 2. The van der Waals surface area contributed by atoms with Gasteiger partial charge in [-0.1, -0.05) is 77.0 Å². The van der Waals surface area contributed by atoms with Crippen LogP contribution in [0.2, 0.25) is 0 Å². The lowest BCUT2D eigenvalue weighted by Gasteiger charge is -2.31. The molecule has 0 radical (unpaired) electrons. The molecule has 4 heteroatoms. The van der Waals surface area contributed by atoms with Crippen LogP contribution in [0.5, 0.6) is 0 Å². The first-order valence-corrected chi connectivity index (χ1v) is 13.6. The molecule has 0 aromatic heterocycles. The molecule has 0 bridgehead atoms. The van der Waals surface area contributed by atoms with E-state index in [1.54, 1.807) is 0 Å². The van der Waals surface area contributed by atoms with Gasteiger partial charge in [0, 0.05) is 12.1 Å². The van der Waals surface area contributed by atoms with Crippen LogP contribution in [0.4, 0.5) is 0 Å². The van der Waals surface area contributed by atoms with Crippen LogP contribution in [0.25, 0.3) is 0 Å². The molecule has 4 nitrogen and oxygen atoms in total. The van der Waals surface area contributed by atoms with E-state index in [0.717, 1.165) is 11.7 Å². The molecule has 0 spiro atoms. The topological polar surface area (TPSA) is 48.8 Å². The van der Waals surface area contributed by atoms with Gasteiger partial charge in [0.05, 0.1) is 12.1 Å². The standard InChI is InChI=1S/C26H46N4/c1-5-13-21(14-6-1)27-25(28-22-15-7-2-8-16-22)26(29-23-17-9-3-10-18-23)30-24-19-11-4-12-20-24/h21-24H,1-20H2,(H,27,28)(H,29,30). The quantitative estimate of drug-likeness (QED) is 0.419. The van der Waals surface area contributed by atoms with Crippen LogP contribution in [0.1, 0.15) is 128 Å². The van der Waals surface area contributed by atoms with E-state index in [1.165, 1.54) is 128 Å². The fourth-order valence-corrected chi connectivity index (χ4v) is 6.00. The average Bonchev–Trinajstić information content (AvgIpc) is 2.81. The summed E-state index contributed by atoms with van der Waals surface area (Å²) in [7, 11) is 0. The van der Waals surface area contributed by atoms with Crippen LogP contribution in [-0.2, 0) is 0 Å². The number of aliphatic imine (C=N–C) groups is 2. The summed E-state index contributed by atoms with van der Waals surface area (Å²) in [4.78, 5) is 10.7. The van der Waals surface area contributed by atoms with Crippen LogP contribution in [-0.4, -0.2) is 35.8 Å². The fraction of sp³-hybridized carbons (Fsp3) is 0.923. The molecule has 0 aliphatic heterocycles. The van der Waals surface area contributed by atoms with Crippen molar-refractivity contribution in [3.05, 3.63) is 0 Å². The molecule has 4 rings (SSSR count). The van der Waals surface area contributed by atoms with Gasteiger partial charge in [0.2, 0.25) is 0 Å². The summed E-state index contributed by atoms with van der Waals surface area (Å²) < 4.78 is 0. The van der Waals surface area contributed by atoms with Gasteiger partial charge in [0.25, 0.3) is 0 Å². The molecule has 170 valence electrons. The van der Waals surface area contributed by atoms with E-state index in [2.05, 4.69) is 10.6 Å². The maximum atomic E-state index is 5.37. The normalized spacial score (nSPS) is 27.2. The van der Waals surface area contributed by atoms with Crippen molar-refractivity contribution in [2.75, 3.05) is 0 Å². The Morgan fingerprint density at radius 1 is 0.400 bits per heavy atom. The Balaban J connectivity index is 1.55. The zero-order valence-electron chi connectivity index (χ0n) is 19.3. The second kappa shape index (κ2) is 12.1. The molecular formula is C26H46N4. The molecule has 0 atom stereocenters. The molecule has 0 aromatic rings. The third-order valence-corrected chi connectivity index (χ3v) is 7.89. The van der Waals surface area contributed by atoms with Crippen LogP contribution in [0.3, 0.4) is 0 Å². The van der Waals surface area contributed by atoms with Gasteiger partial charge in [0.1, 0.15) is 0 Å². The van der Waals surface area contributed by atoms with E-state index >= 15 is 0 Å².